The van der Waals surface area contributed by atoms with E-state index in [0.717, 1.165) is 5.56 Å². The molecular weight excluding hydrogens is 416 g/mol. The monoisotopic (exact) mass is 432 g/mol. The Labute approximate surface area is 170 Å². The molecule has 150 valence electrons. The van der Waals surface area contributed by atoms with Crippen LogP contribution in [0.4, 0.5) is 10.8 Å². The molecule has 1 heterocycles. The van der Waals surface area contributed by atoms with Gasteiger partial charge in [0.2, 0.25) is 5.13 Å². The normalized spacial score (nSPS) is 11.0. The number of rotatable bonds is 6. The second-order valence-electron chi connectivity index (χ2n) is 5.87. The molecule has 0 unspecified atom stereocenters. The van der Waals surface area contributed by atoms with Crippen LogP contribution >= 0.6 is 11.3 Å². The number of aryl methyl sites for hydroxylation is 1. The Bertz CT molecular complexity index is 1160. The third kappa shape index (κ3) is 4.95. The molecular formula is C18H16N4O5S2. The number of hydrogen-bond acceptors (Lipinski definition) is 8. The van der Waals surface area contributed by atoms with Crippen molar-refractivity contribution in [2.75, 3.05) is 17.1 Å². The number of nitrogens with one attached hydrogen (secondary N) is 2. The van der Waals surface area contributed by atoms with E-state index in [2.05, 4.69) is 25.0 Å². The Morgan fingerprint density at radius 1 is 1.03 bits per heavy atom. The van der Waals surface area contributed by atoms with Crippen LogP contribution in [-0.4, -0.2) is 37.6 Å². The lowest BCUT2D eigenvalue weighted by atomic mass is 10.1. The standard InChI is InChI=1S/C18H16N4O5S2/c1-11-6-8-12(9-7-11)15(23)19-17-20-21-18(28-17)29(25,26)22-14-5-3-4-13(10-14)16(24)27-2/h3-10,22H,1-2H3,(H,19,20,23). The van der Waals surface area contributed by atoms with Gasteiger partial charge in [-0.3, -0.25) is 14.8 Å². The number of esters is 1. The Morgan fingerprint density at radius 2 is 1.76 bits per heavy atom. The lowest BCUT2D eigenvalue weighted by molar-refractivity contribution is 0.0600. The number of aromatic nitrogens is 2. The van der Waals surface area contributed by atoms with E-state index >= 15 is 0 Å². The first-order valence-corrected chi connectivity index (χ1v) is 10.5. The molecule has 2 N–H and O–H groups in total. The van der Waals surface area contributed by atoms with E-state index in [9.17, 15) is 18.0 Å². The van der Waals surface area contributed by atoms with Gasteiger partial charge in [-0.2, -0.15) is 8.42 Å². The third-order valence-electron chi connectivity index (χ3n) is 3.71. The number of carbonyl (C=O) groups is 2. The Kier molecular flexibility index (Phi) is 5.89. The number of anilines is 2. The maximum atomic E-state index is 12.5. The van der Waals surface area contributed by atoms with Crippen molar-refractivity contribution in [1.82, 2.24) is 10.2 Å². The van der Waals surface area contributed by atoms with Crippen LogP contribution in [0.3, 0.4) is 0 Å². The molecule has 0 bridgehead atoms. The largest absolute Gasteiger partial charge is 0.465 e. The quantitative estimate of drug-likeness (QED) is 0.453. The summed E-state index contributed by atoms with van der Waals surface area (Å²) in [5.74, 6) is -1.02. The van der Waals surface area contributed by atoms with Gasteiger partial charge in [-0.25, -0.2) is 4.79 Å². The van der Waals surface area contributed by atoms with Gasteiger partial charge in [0.15, 0.2) is 0 Å². The Hall–Kier alpha value is -3.31. The van der Waals surface area contributed by atoms with Gasteiger partial charge in [0.25, 0.3) is 20.3 Å². The zero-order chi connectivity index (χ0) is 21.0. The number of nitrogens with zero attached hydrogens (tertiary/aromatic N) is 2. The van der Waals surface area contributed by atoms with Crippen molar-refractivity contribution in [1.29, 1.82) is 0 Å². The topological polar surface area (TPSA) is 127 Å². The molecule has 0 aliphatic heterocycles. The summed E-state index contributed by atoms with van der Waals surface area (Å²) in [6.07, 6.45) is 0. The Balaban J connectivity index is 1.74. The van der Waals surface area contributed by atoms with E-state index in [1.165, 1.54) is 31.4 Å². The van der Waals surface area contributed by atoms with E-state index in [1.54, 1.807) is 24.3 Å². The van der Waals surface area contributed by atoms with Crippen molar-refractivity contribution < 1.29 is 22.7 Å². The van der Waals surface area contributed by atoms with Crippen LogP contribution < -0.4 is 10.0 Å². The summed E-state index contributed by atoms with van der Waals surface area (Å²) in [5.41, 5.74) is 1.77. The Morgan fingerprint density at radius 3 is 2.45 bits per heavy atom. The molecule has 0 radical (unpaired) electrons. The predicted molar refractivity (Wildman–Crippen MR) is 108 cm³/mol. The molecule has 0 saturated carbocycles. The third-order valence-corrected chi connectivity index (χ3v) is 6.29. The number of hydrogen-bond donors (Lipinski definition) is 2. The second-order valence-corrected chi connectivity index (χ2v) is 8.70. The van der Waals surface area contributed by atoms with Crippen molar-refractivity contribution in [2.24, 2.45) is 0 Å². The summed E-state index contributed by atoms with van der Waals surface area (Å²) in [4.78, 5) is 23.8. The number of carbonyl (C=O) groups excluding carboxylic acids is 2. The maximum Gasteiger partial charge on any atom is 0.337 e. The fourth-order valence-corrected chi connectivity index (χ4v) is 4.22. The van der Waals surface area contributed by atoms with Gasteiger partial charge in [0.05, 0.1) is 12.7 Å². The van der Waals surface area contributed by atoms with Crippen molar-refractivity contribution in [2.45, 2.75) is 11.3 Å². The summed E-state index contributed by atoms with van der Waals surface area (Å²) in [7, 11) is -2.83. The average Bonchev–Trinajstić information content (AvgIpc) is 3.17. The molecule has 2 aromatic carbocycles. The average molecular weight is 432 g/mol. The molecule has 11 heteroatoms. The molecule has 29 heavy (non-hydrogen) atoms. The fourth-order valence-electron chi connectivity index (χ4n) is 2.27. The van der Waals surface area contributed by atoms with E-state index in [0.29, 0.717) is 16.9 Å². The van der Waals surface area contributed by atoms with Crippen LogP contribution in [-0.2, 0) is 14.8 Å². The number of methoxy groups -OCH3 is 1. The van der Waals surface area contributed by atoms with Gasteiger partial charge in [0, 0.05) is 11.3 Å². The predicted octanol–water partition coefficient (Wildman–Crippen LogP) is 2.69. The molecule has 0 aliphatic rings. The molecule has 0 atom stereocenters. The summed E-state index contributed by atoms with van der Waals surface area (Å²) in [5, 5.41) is 9.90. The van der Waals surface area contributed by atoms with Crippen LogP contribution in [0.25, 0.3) is 0 Å². The van der Waals surface area contributed by atoms with E-state index in [-0.39, 0.29) is 20.7 Å². The first-order chi connectivity index (χ1) is 13.8. The highest BCUT2D eigenvalue weighted by Gasteiger charge is 2.22. The van der Waals surface area contributed by atoms with Gasteiger partial charge in [0.1, 0.15) is 0 Å². The highest BCUT2D eigenvalue weighted by molar-refractivity contribution is 7.94. The molecule has 1 aromatic heterocycles. The highest BCUT2D eigenvalue weighted by atomic mass is 32.2. The van der Waals surface area contributed by atoms with Gasteiger partial charge < -0.3 is 4.74 Å². The molecule has 0 aliphatic carbocycles. The van der Waals surface area contributed by atoms with Crippen LogP contribution in [0.1, 0.15) is 26.3 Å². The summed E-state index contributed by atoms with van der Waals surface area (Å²) in [6, 6.07) is 12.7. The molecule has 0 fully saturated rings. The summed E-state index contributed by atoms with van der Waals surface area (Å²) < 4.78 is 31.7. The van der Waals surface area contributed by atoms with Crippen LogP contribution in [0.5, 0.6) is 0 Å². The van der Waals surface area contributed by atoms with Crippen LogP contribution in [0.15, 0.2) is 52.9 Å². The second kappa shape index (κ2) is 8.37. The zero-order valence-corrected chi connectivity index (χ0v) is 17.0. The van der Waals surface area contributed by atoms with Crippen LogP contribution in [0, 0.1) is 6.92 Å². The minimum Gasteiger partial charge on any atom is -0.465 e. The number of benzene rings is 2. The summed E-state index contributed by atoms with van der Waals surface area (Å²) in [6.45, 7) is 1.90. The minimum atomic E-state index is -4.06. The van der Waals surface area contributed by atoms with Gasteiger partial charge in [-0.15, -0.1) is 10.2 Å². The van der Waals surface area contributed by atoms with Crippen molar-refractivity contribution >= 4 is 44.1 Å². The molecule has 1 amide bonds. The smallest absolute Gasteiger partial charge is 0.337 e. The molecule has 0 saturated heterocycles. The minimum absolute atomic E-state index is 0.0410. The lowest BCUT2D eigenvalue weighted by Crippen LogP contribution is -2.13. The number of sulfonamides is 1. The number of ether oxygens (including phenoxy) is 1. The molecule has 9 nitrogen and oxygen atoms in total. The van der Waals surface area contributed by atoms with Crippen LogP contribution in [0.2, 0.25) is 0 Å². The van der Waals surface area contributed by atoms with Crippen molar-refractivity contribution in [3.05, 3.63) is 65.2 Å². The van der Waals surface area contributed by atoms with Crippen molar-refractivity contribution in [3.63, 3.8) is 0 Å². The maximum absolute atomic E-state index is 12.5. The SMILES string of the molecule is COC(=O)c1cccc(NS(=O)(=O)c2nnc(NC(=O)c3ccc(C)cc3)s2)c1. The number of amides is 1. The van der Waals surface area contributed by atoms with Gasteiger partial charge >= 0.3 is 5.97 Å². The molecule has 3 aromatic rings. The fraction of sp³-hybridized carbons (Fsp3) is 0.111. The van der Waals surface area contributed by atoms with Crippen molar-refractivity contribution in [3.8, 4) is 0 Å². The van der Waals surface area contributed by atoms with Gasteiger partial charge in [-0.05, 0) is 37.3 Å². The van der Waals surface area contributed by atoms with Gasteiger partial charge in [-0.1, -0.05) is 35.1 Å². The highest BCUT2D eigenvalue weighted by Crippen LogP contribution is 2.23. The first-order valence-electron chi connectivity index (χ1n) is 8.21. The molecule has 3 rings (SSSR count). The zero-order valence-electron chi connectivity index (χ0n) is 15.4. The van der Waals surface area contributed by atoms with E-state index in [4.69, 9.17) is 0 Å². The molecule has 0 spiro atoms. The van der Waals surface area contributed by atoms with E-state index in [1.807, 2.05) is 6.92 Å². The van der Waals surface area contributed by atoms with E-state index < -0.39 is 21.9 Å². The first kappa shape index (κ1) is 20.4. The summed E-state index contributed by atoms with van der Waals surface area (Å²) >= 11 is 0.704. The lowest BCUT2D eigenvalue weighted by Gasteiger charge is -2.06.